The fraction of sp³-hybridized carbons (Fsp3) is 0.900. The van der Waals surface area contributed by atoms with Gasteiger partial charge in [0.05, 0.1) is 0 Å². The number of aliphatic carboxylic acids is 2. The van der Waals surface area contributed by atoms with Crippen LogP contribution in [0.15, 0.2) is 0 Å². The van der Waals surface area contributed by atoms with Crippen molar-refractivity contribution in [2.24, 2.45) is 0 Å². The fourth-order valence-electron chi connectivity index (χ4n) is 2.11. The Morgan fingerprint density at radius 1 is 0.600 bits per heavy atom. The molecule has 0 aliphatic heterocycles. The second-order valence-corrected chi connectivity index (χ2v) is 9.18. The summed E-state index contributed by atoms with van der Waals surface area (Å²) in [6.07, 6.45) is 14.5. The first kappa shape index (κ1) is 29.5. The molecule has 0 aliphatic rings. The van der Waals surface area contributed by atoms with E-state index in [-0.39, 0.29) is 21.1 Å². The predicted octanol–water partition coefficient (Wildman–Crippen LogP) is 6.43. The van der Waals surface area contributed by atoms with Gasteiger partial charge in [-0.2, -0.15) is 0 Å². The fourth-order valence-corrected chi connectivity index (χ4v) is 2.11. The number of carbonyl (C=O) groups is 2. The van der Waals surface area contributed by atoms with Gasteiger partial charge < -0.3 is 10.2 Å². The van der Waals surface area contributed by atoms with Crippen LogP contribution in [-0.2, 0) is 9.59 Å². The quantitative estimate of drug-likeness (QED) is 0.229. The molecule has 0 rings (SSSR count). The average molecular weight is 465 g/mol. The second kappa shape index (κ2) is 28.5. The van der Waals surface area contributed by atoms with Gasteiger partial charge in [0.1, 0.15) is 0 Å². The topological polar surface area (TPSA) is 74.6 Å². The Hall–Kier alpha value is -0.261. The second-order valence-electron chi connectivity index (χ2n) is 6.32. The van der Waals surface area contributed by atoms with E-state index in [2.05, 4.69) is 23.7 Å². The van der Waals surface area contributed by atoms with Crippen molar-refractivity contribution < 1.29 is 19.8 Å². The summed E-state index contributed by atoms with van der Waals surface area (Å²) in [4.78, 5) is 24.8. The number of rotatable bonds is 14. The zero-order chi connectivity index (χ0) is 19.8. The van der Waals surface area contributed by atoms with E-state index in [0.717, 1.165) is 25.7 Å². The van der Waals surface area contributed by atoms with Crippen LogP contribution in [0.25, 0.3) is 0 Å². The van der Waals surface area contributed by atoms with E-state index in [0.29, 0.717) is 12.8 Å². The molecule has 0 amide bonds. The van der Waals surface area contributed by atoms with Crippen molar-refractivity contribution >= 4 is 33.1 Å². The van der Waals surface area contributed by atoms with Gasteiger partial charge in [0, 0.05) is 12.8 Å². The molecule has 0 saturated carbocycles. The molecular weight excluding hydrogens is 423 g/mol. The van der Waals surface area contributed by atoms with Gasteiger partial charge in [0.25, 0.3) is 0 Å². The van der Waals surface area contributed by atoms with Gasteiger partial charge in [-0.1, -0.05) is 78.1 Å². The van der Waals surface area contributed by atoms with Crippen LogP contribution in [0.3, 0.4) is 0 Å². The van der Waals surface area contributed by atoms with Crippen LogP contribution in [0.2, 0.25) is 9.88 Å². The molecule has 2 radical (unpaired) electrons. The molecule has 4 nitrogen and oxygen atoms in total. The number of unbranched alkanes of at least 4 members (excludes halogenated alkanes) is 10. The maximum absolute atomic E-state index is 10.1. The van der Waals surface area contributed by atoms with E-state index in [1.54, 1.807) is 0 Å². The maximum atomic E-state index is 10.1. The Morgan fingerprint density at radius 3 is 1.08 bits per heavy atom. The molecule has 0 spiro atoms. The Bertz CT molecular complexity index is 244. The first-order valence-electron chi connectivity index (χ1n) is 9.98. The van der Waals surface area contributed by atoms with E-state index in [1.807, 2.05) is 0 Å². The molecular formula is C20H42O4Sn. The molecule has 0 unspecified atom stereocenters. The first-order chi connectivity index (χ1) is 12.0. The summed E-state index contributed by atoms with van der Waals surface area (Å²) in [5, 5.41) is 16.6. The van der Waals surface area contributed by atoms with Crippen molar-refractivity contribution in [3.63, 3.8) is 0 Å². The molecule has 0 fully saturated rings. The van der Waals surface area contributed by atoms with E-state index in [9.17, 15) is 9.59 Å². The third kappa shape index (κ3) is 45.3. The molecule has 0 aromatic rings. The summed E-state index contributed by atoms with van der Waals surface area (Å²) in [5.74, 6) is -1.33. The standard InChI is InChI=1S/2C9H18O2.2CH3.Sn/c2*1-2-3-4-5-6-7-8-9(10)11;;;/h2*2-8H2,1H3,(H,10,11);2*1H3;. The van der Waals surface area contributed by atoms with Gasteiger partial charge in [0.2, 0.25) is 0 Å². The van der Waals surface area contributed by atoms with E-state index >= 15 is 0 Å². The minimum absolute atomic E-state index is 0.230. The van der Waals surface area contributed by atoms with Crippen molar-refractivity contribution in [3.8, 4) is 0 Å². The van der Waals surface area contributed by atoms with E-state index in [4.69, 9.17) is 10.2 Å². The van der Waals surface area contributed by atoms with Crippen LogP contribution in [0.5, 0.6) is 0 Å². The molecule has 0 atom stereocenters. The van der Waals surface area contributed by atoms with Crippen LogP contribution in [-0.4, -0.2) is 43.3 Å². The van der Waals surface area contributed by atoms with Crippen molar-refractivity contribution in [2.75, 3.05) is 0 Å². The summed E-state index contributed by atoms with van der Waals surface area (Å²) < 4.78 is 0. The summed E-state index contributed by atoms with van der Waals surface area (Å²) >= 11 is 0.230. The third-order valence-electron chi connectivity index (χ3n) is 3.49. The number of hydrogen-bond donors (Lipinski definition) is 2. The van der Waals surface area contributed by atoms with Crippen LogP contribution in [0, 0.1) is 0 Å². The Morgan fingerprint density at radius 2 is 0.840 bits per heavy atom. The van der Waals surface area contributed by atoms with Gasteiger partial charge in [-0.05, 0) is 12.8 Å². The van der Waals surface area contributed by atoms with Crippen molar-refractivity contribution in [1.29, 1.82) is 0 Å². The molecule has 0 heterocycles. The number of carboxylic acids is 2. The SMILES string of the molecule is CCCCCCCCC(=O)O.CCCCCCCCC(=O)O.[CH3][Sn][CH3]. The molecule has 25 heavy (non-hydrogen) atoms. The van der Waals surface area contributed by atoms with Crippen LogP contribution >= 0.6 is 0 Å². The molecule has 0 bridgehead atoms. The molecule has 0 saturated heterocycles. The van der Waals surface area contributed by atoms with Crippen LogP contribution < -0.4 is 0 Å². The zero-order valence-corrected chi connectivity index (χ0v) is 20.0. The molecule has 5 heteroatoms. The van der Waals surface area contributed by atoms with Crippen molar-refractivity contribution in [3.05, 3.63) is 0 Å². The van der Waals surface area contributed by atoms with E-state index in [1.165, 1.54) is 51.4 Å². The third-order valence-corrected chi connectivity index (χ3v) is 3.49. The molecule has 0 aromatic heterocycles. The zero-order valence-electron chi connectivity index (χ0n) is 17.1. The normalized spacial score (nSPS) is 9.44. The summed E-state index contributed by atoms with van der Waals surface area (Å²) in [7, 11) is 0. The van der Waals surface area contributed by atoms with Crippen molar-refractivity contribution in [1.82, 2.24) is 0 Å². The van der Waals surface area contributed by atoms with Gasteiger partial charge in [0.15, 0.2) is 0 Å². The number of hydrogen-bond acceptors (Lipinski definition) is 2. The van der Waals surface area contributed by atoms with Crippen LogP contribution in [0.4, 0.5) is 0 Å². The van der Waals surface area contributed by atoms with Crippen molar-refractivity contribution in [2.45, 2.75) is 114 Å². The van der Waals surface area contributed by atoms with Gasteiger partial charge in [-0.25, -0.2) is 0 Å². The monoisotopic (exact) mass is 466 g/mol. The molecule has 0 aliphatic carbocycles. The Balaban J connectivity index is -0.000000334. The summed E-state index contributed by atoms with van der Waals surface area (Å²) in [6.45, 7) is 4.36. The summed E-state index contributed by atoms with van der Waals surface area (Å²) in [5.41, 5.74) is 0. The number of carboxylic acid groups (broad SMARTS) is 2. The first-order valence-corrected chi connectivity index (χ1v) is 15.7. The Labute approximate surface area is 166 Å². The van der Waals surface area contributed by atoms with Gasteiger partial charge in [-0.15, -0.1) is 0 Å². The van der Waals surface area contributed by atoms with Gasteiger partial charge in [-0.3, -0.25) is 9.59 Å². The van der Waals surface area contributed by atoms with E-state index < -0.39 is 11.9 Å². The van der Waals surface area contributed by atoms with Crippen LogP contribution in [0.1, 0.15) is 104 Å². The minimum atomic E-state index is -0.666. The molecule has 0 aromatic carbocycles. The summed E-state index contributed by atoms with van der Waals surface area (Å²) in [6, 6.07) is 0. The average Bonchev–Trinajstić information content (AvgIpc) is 2.55. The van der Waals surface area contributed by atoms with Gasteiger partial charge >= 0.3 is 43.0 Å². The predicted molar refractivity (Wildman–Crippen MR) is 109 cm³/mol. The Kier molecular flexibility index (Phi) is 33.7. The molecule has 150 valence electrons. The molecule has 2 N–H and O–H groups in total.